The van der Waals surface area contributed by atoms with Crippen molar-refractivity contribution in [3.05, 3.63) is 65.7 Å². The average molecular weight is 385 g/mol. The van der Waals surface area contributed by atoms with Crippen LogP contribution >= 0.6 is 11.8 Å². The minimum atomic E-state index is -0.486. The highest BCUT2D eigenvalue weighted by Gasteiger charge is 2.19. The van der Waals surface area contributed by atoms with Crippen LogP contribution in [0.2, 0.25) is 0 Å². The normalized spacial score (nSPS) is 16.1. The molecule has 1 aliphatic rings. The number of carbonyl (C=O) groups is 2. The summed E-state index contributed by atoms with van der Waals surface area (Å²) in [7, 11) is 0. The summed E-state index contributed by atoms with van der Waals surface area (Å²) in [6.45, 7) is 0.925. The Bertz CT molecular complexity index is 760. The van der Waals surface area contributed by atoms with E-state index in [1.807, 2.05) is 42.5 Å². The van der Waals surface area contributed by atoms with Gasteiger partial charge in [-0.15, -0.1) is 11.8 Å². The van der Waals surface area contributed by atoms with Crippen molar-refractivity contribution in [1.82, 2.24) is 5.32 Å². The molecule has 142 valence electrons. The van der Waals surface area contributed by atoms with Gasteiger partial charge in [0.25, 0.3) is 5.91 Å². The van der Waals surface area contributed by atoms with Crippen LogP contribution in [-0.4, -0.2) is 36.9 Å². The summed E-state index contributed by atoms with van der Waals surface area (Å²) in [5.74, 6) is -0.000943. The van der Waals surface area contributed by atoms with Crippen LogP contribution < -0.4 is 5.32 Å². The van der Waals surface area contributed by atoms with Crippen LogP contribution in [0.5, 0.6) is 0 Å². The third-order valence-electron chi connectivity index (χ3n) is 4.22. The molecule has 1 fully saturated rings. The van der Waals surface area contributed by atoms with Crippen LogP contribution in [0, 0.1) is 0 Å². The number of hydrogen-bond donors (Lipinski definition) is 1. The Hall–Kier alpha value is -2.31. The Labute approximate surface area is 163 Å². The van der Waals surface area contributed by atoms with Crippen LogP contribution in [0.3, 0.4) is 0 Å². The van der Waals surface area contributed by atoms with Crippen molar-refractivity contribution < 1.29 is 19.1 Å². The highest BCUT2D eigenvalue weighted by molar-refractivity contribution is 7.99. The molecular weight excluding hydrogens is 362 g/mol. The largest absolute Gasteiger partial charge is 0.452 e. The van der Waals surface area contributed by atoms with Crippen molar-refractivity contribution in [3.8, 4) is 0 Å². The number of nitrogens with one attached hydrogen (secondary N) is 1. The lowest BCUT2D eigenvalue weighted by Gasteiger charge is -2.12. The van der Waals surface area contributed by atoms with Gasteiger partial charge in [0, 0.05) is 23.8 Å². The lowest BCUT2D eigenvalue weighted by atomic mass is 10.2. The Kier molecular flexibility index (Phi) is 7.30. The van der Waals surface area contributed by atoms with E-state index in [1.165, 1.54) is 0 Å². The summed E-state index contributed by atoms with van der Waals surface area (Å²) >= 11 is 1.59. The van der Waals surface area contributed by atoms with Crippen LogP contribution in [0.4, 0.5) is 0 Å². The maximum Gasteiger partial charge on any atom is 0.339 e. The quantitative estimate of drug-likeness (QED) is 0.557. The molecule has 1 atom stereocenters. The monoisotopic (exact) mass is 385 g/mol. The number of benzene rings is 2. The van der Waals surface area contributed by atoms with Gasteiger partial charge in [0.1, 0.15) is 0 Å². The van der Waals surface area contributed by atoms with Gasteiger partial charge in [-0.05, 0) is 30.5 Å². The Balaban J connectivity index is 1.47. The van der Waals surface area contributed by atoms with E-state index in [0.29, 0.717) is 12.1 Å². The zero-order valence-electron chi connectivity index (χ0n) is 15.1. The predicted octanol–water partition coefficient (Wildman–Crippen LogP) is 3.43. The smallest absolute Gasteiger partial charge is 0.339 e. The van der Waals surface area contributed by atoms with Gasteiger partial charge >= 0.3 is 5.97 Å². The minimum absolute atomic E-state index is 0.239. The average Bonchev–Trinajstić information content (AvgIpc) is 3.23. The second-order valence-corrected chi connectivity index (χ2v) is 7.34. The van der Waals surface area contributed by atoms with Crippen molar-refractivity contribution in [1.29, 1.82) is 0 Å². The van der Waals surface area contributed by atoms with Gasteiger partial charge < -0.3 is 14.8 Å². The molecule has 27 heavy (non-hydrogen) atoms. The van der Waals surface area contributed by atoms with Crippen LogP contribution in [-0.2, 0) is 20.8 Å². The van der Waals surface area contributed by atoms with Gasteiger partial charge in [0.15, 0.2) is 6.61 Å². The van der Waals surface area contributed by atoms with Crippen molar-refractivity contribution in [2.24, 2.45) is 0 Å². The lowest BCUT2D eigenvalue weighted by Crippen LogP contribution is -2.28. The highest BCUT2D eigenvalue weighted by atomic mass is 32.2. The SMILES string of the molecule is O=C(COC(=O)c1ccccc1SC[C@H]1CCCO1)NCc1ccccc1. The lowest BCUT2D eigenvalue weighted by molar-refractivity contribution is -0.124. The third-order valence-corrected chi connectivity index (χ3v) is 5.43. The van der Waals surface area contributed by atoms with E-state index in [1.54, 1.807) is 23.9 Å². The van der Waals surface area contributed by atoms with Gasteiger partial charge in [0.2, 0.25) is 0 Å². The maximum atomic E-state index is 12.4. The van der Waals surface area contributed by atoms with E-state index >= 15 is 0 Å². The van der Waals surface area contributed by atoms with E-state index in [4.69, 9.17) is 9.47 Å². The molecule has 1 N–H and O–H groups in total. The van der Waals surface area contributed by atoms with E-state index < -0.39 is 5.97 Å². The molecule has 1 aliphatic heterocycles. The second-order valence-electron chi connectivity index (χ2n) is 6.28. The number of rotatable bonds is 8. The topological polar surface area (TPSA) is 64.6 Å². The van der Waals surface area contributed by atoms with Gasteiger partial charge in [-0.1, -0.05) is 42.5 Å². The van der Waals surface area contributed by atoms with E-state index in [9.17, 15) is 9.59 Å². The number of hydrogen-bond acceptors (Lipinski definition) is 5. The Morgan fingerprint density at radius 3 is 2.67 bits per heavy atom. The van der Waals surface area contributed by atoms with E-state index in [2.05, 4.69) is 5.32 Å². The summed E-state index contributed by atoms with van der Waals surface area (Å²) in [4.78, 5) is 25.2. The Morgan fingerprint density at radius 2 is 1.89 bits per heavy atom. The number of esters is 1. The molecule has 0 bridgehead atoms. The Morgan fingerprint density at radius 1 is 1.11 bits per heavy atom. The first-order valence-electron chi connectivity index (χ1n) is 9.03. The summed E-state index contributed by atoms with van der Waals surface area (Å²) in [5, 5.41) is 2.74. The summed E-state index contributed by atoms with van der Waals surface area (Å²) in [6.07, 6.45) is 2.39. The summed E-state index contributed by atoms with van der Waals surface area (Å²) < 4.78 is 10.8. The molecule has 3 rings (SSSR count). The molecule has 0 saturated carbocycles. The highest BCUT2D eigenvalue weighted by Crippen LogP contribution is 2.27. The molecule has 5 nitrogen and oxygen atoms in total. The zero-order valence-corrected chi connectivity index (χ0v) is 15.9. The van der Waals surface area contributed by atoms with Crippen molar-refractivity contribution in [3.63, 3.8) is 0 Å². The molecule has 2 aromatic carbocycles. The molecule has 1 amide bonds. The van der Waals surface area contributed by atoms with Gasteiger partial charge in [0.05, 0.1) is 11.7 Å². The fourth-order valence-corrected chi connectivity index (χ4v) is 3.89. The molecule has 1 saturated heterocycles. The first-order chi connectivity index (χ1) is 13.2. The first-order valence-corrected chi connectivity index (χ1v) is 10.0. The molecular formula is C21H23NO4S. The molecule has 1 heterocycles. The number of ether oxygens (including phenoxy) is 2. The van der Waals surface area contributed by atoms with E-state index in [-0.39, 0.29) is 18.6 Å². The van der Waals surface area contributed by atoms with Crippen LogP contribution in [0.25, 0.3) is 0 Å². The molecule has 0 unspecified atom stereocenters. The van der Waals surface area contributed by atoms with Gasteiger partial charge in [-0.25, -0.2) is 4.79 Å². The van der Waals surface area contributed by atoms with Crippen molar-refractivity contribution in [2.75, 3.05) is 19.0 Å². The fourth-order valence-electron chi connectivity index (χ4n) is 2.78. The van der Waals surface area contributed by atoms with Crippen LogP contribution in [0.1, 0.15) is 28.8 Å². The zero-order chi connectivity index (χ0) is 18.9. The second kappa shape index (κ2) is 10.1. The first kappa shape index (κ1) is 19.5. The summed E-state index contributed by atoms with van der Waals surface area (Å²) in [5.41, 5.74) is 1.48. The fraction of sp³-hybridized carbons (Fsp3) is 0.333. The predicted molar refractivity (Wildman–Crippen MR) is 105 cm³/mol. The molecule has 0 aromatic heterocycles. The van der Waals surface area contributed by atoms with E-state index in [0.717, 1.165) is 35.7 Å². The number of thioether (sulfide) groups is 1. The molecule has 2 aromatic rings. The molecule has 0 aliphatic carbocycles. The van der Waals surface area contributed by atoms with Crippen molar-refractivity contribution in [2.45, 2.75) is 30.4 Å². The van der Waals surface area contributed by atoms with Gasteiger partial charge in [-0.2, -0.15) is 0 Å². The number of carbonyl (C=O) groups excluding carboxylic acids is 2. The van der Waals surface area contributed by atoms with Crippen molar-refractivity contribution >= 4 is 23.6 Å². The van der Waals surface area contributed by atoms with Crippen LogP contribution in [0.15, 0.2) is 59.5 Å². The van der Waals surface area contributed by atoms with Gasteiger partial charge in [-0.3, -0.25) is 4.79 Å². The third kappa shape index (κ3) is 6.12. The standard InChI is InChI=1S/C21H23NO4S/c23-20(22-13-16-7-2-1-3-8-16)14-26-21(24)18-10-4-5-11-19(18)27-15-17-9-6-12-25-17/h1-5,7-8,10-11,17H,6,9,12-15H2,(H,22,23)/t17-/m1/s1. The molecule has 6 heteroatoms. The molecule has 0 spiro atoms. The molecule has 0 radical (unpaired) electrons. The summed E-state index contributed by atoms with van der Waals surface area (Å²) in [6, 6.07) is 16.9. The number of amides is 1. The minimum Gasteiger partial charge on any atom is -0.452 e. The maximum absolute atomic E-state index is 12.4.